The van der Waals surface area contributed by atoms with Gasteiger partial charge in [0, 0.05) is 30.3 Å². The number of carbonyl (C=O) groups excluding carboxylic acids is 1. The molecule has 1 saturated carbocycles. The van der Waals surface area contributed by atoms with Crippen molar-refractivity contribution in [3.8, 4) is 5.75 Å². The third kappa shape index (κ3) is 6.86. The molecule has 4 unspecified atom stereocenters. The monoisotopic (exact) mass is 602 g/mol. The minimum Gasteiger partial charge on any atom is -0.487 e. The second-order valence-corrected chi connectivity index (χ2v) is 14.8. The molecule has 2 N–H and O–H groups in total. The summed E-state index contributed by atoms with van der Waals surface area (Å²) in [5.41, 5.74) is 3.39. The van der Waals surface area contributed by atoms with Crippen LogP contribution in [0.25, 0.3) is 0 Å². The Balaban J connectivity index is 1.53. The van der Waals surface area contributed by atoms with Gasteiger partial charge in [-0.25, -0.2) is 13.1 Å². The number of aliphatic hydroxyl groups excluding tert-OH is 1. The van der Waals surface area contributed by atoms with E-state index in [1.807, 2.05) is 25.1 Å². The van der Waals surface area contributed by atoms with Crippen molar-refractivity contribution >= 4 is 33.2 Å². The average Bonchev–Trinajstić information content (AvgIpc) is 2.96. The molecule has 0 saturated heterocycles. The second kappa shape index (κ2) is 12.9. The maximum atomic E-state index is 13.3. The summed E-state index contributed by atoms with van der Waals surface area (Å²) < 4.78 is 35.1. The third-order valence-electron chi connectivity index (χ3n) is 9.77. The molecule has 0 aromatic heterocycles. The number of benzene rings is 2. The highest BCUT2D eigenvalue weighted by molar-refractivity contribution is 7.90. The molecule has 3 aliphatic rings. The van der Waals surface area contributed by atoms with Crippen molar-refractivity contribution in [1.29, 1.82) is 0 Å². The van der Waals surface area contributed by atoms with Gasteiger partial charge in [-0.15, -0.1) is 0 Å². The number of halogens is 1. The van der Waals surface area contributed by atoms with Gasteiger partial charge in [0.2, 0.25) is 10.0 Å². The standard InChI is InChI=1S/C32H43ClN2O5S/c1-21-6-5-8-26(19-36)29-13-10-25(29)18-35-15-4-3-7-23-16-28(33)12-9-27(23)20-40-31-14-11-24(17-30(31)35)32(37)34-41(38,39)22(21)2/h9,11-12,14,16-17,21-22,25-26,29,36H,3-8,10,13,15,18-20H2,1-2H3,(H,34,37)/t21?,22?,25?,26-,29?/m1/s1. The number of fused-ring (bicyclic) bond motifs is 3. The first-order chi connectivity index (χ1) is 19.7. The molecule has 2 heterocycles. The molecule has 5 rings (SSSR count). The Morgan fingerprint density at radius 2 is 1.85 bits per heavy atom. The smallest absolute Gasteiger partial charge is 0.264 e. The topological polar surface area (TPSA) is 95.9 Å². The van der Waals surface area contributed by atoms with Gasteiger partial charge >= 0.3 is 0 Å². The predicted molar refractivity (Wildman–Crippen MR) is 163 cm³/mol. The summed E-state index contributed by atoms with van der Waals surface area (Å²) in [6, 6.07) is 11.2. The lowest BCUT2D eigenvalue weighted by molar-refractivity contribution is 0.0575. The Labute approximate surface area is 249 Å². The zero-order valence-electron chi connectivity index (χ0n) is 24.1. The van der Waals surface area contributed by atoms with Crippen LogP contribution in [0.5, 0.6) is 5.75 Å². The summed E-state index contributed by atoms with van der Waals surface area (Å²) in [6.07, 6.45) is 7.54. The molecule has 0 spiro atoms. The molecule has 224 valence electrons. The highest BCUT2D eigenvalue weighted by Gasteiger charge is 2.38. The summed E-state index contributed by atoms with van der Waals surface area (Å²) in [5, 5.41) is 10.3. The van der Waals surface area contributed by atoms with Gasteiger partial charge < -0.3 is 14.7 Å². The Morgan fingerprint density at radius 1 is 1.02 bits per heavy atom. The SMILES string of the molecule is CC1CCC[C@H](CO)C2CCC2CN2CCCCc3cc(Cl)ccc3COc3ccc(cc32)C(=O)NS(=O)(=O)C1C. The van der Waals surface area contributed by atoms with Crippen LogP contribution < -0.4 is 14.4 Å². The fourth-order valence-corrected chi connectivity index (χ4v) is 8.27. The summed E-state index contributed by atoms with van der Waals surface area (Å²) in [7, 11) is -3.87. The van der Waals surface area contributed by atoms with E-state index in [9.17, 15) is 18.3 Å². The maximum Gasteiger partial charge on any atom is 0.264 e. The third-order valence-corrected chi connectivity index (χ3v) is 11.9. The minimum atomic E-state index is -3.87. The number of hydrogen-bond donors (Lipinski definition) is 2. The Morgan fingerprint density at radius 3 is 2.61 bits per heavy atom. The summed E-state index contributed by atoms with van der Waals surface area (Å²) in [5.74, 6) is 1.04. The fourth-order valence-electron chi connectivity index (χ4n) is 6.77. The van der Waals surface area contributed by atoms with E-state index in [0.717, 1.165) is 75.7 Å². The number of hydrogen-bond acceptors (Lipinski definition) is 6. The summed E-state index contributed by atoms with van der Waals surface area (Å²) >= 11 is 6.31. The highest BCUT2D eigenvalue weighted by Crippen LogP contribution is 2.44. The molecule has 2 bridgehead atoms. The van der Waals surface area contributed by atoms with Crippen molar-refractivity contribution < 1.29 is 23.1 Å². The molecule has 7 nitrogen and oxygen atoms in total. The number of nitrogens with one attached hydrogen (secondary N) is 1. The van der Waals surface area contributed by atoms with Crippen molar-refractivity contribution in [2.75, 3.05) is 24.6 Å². The van der Waals surface area contributed by atoms with Crippen molar-refractivity contribution in [1.82, 2.24) is 4.72 Å². The number of nitrogens with zero attached hydrogens (tertiary/aromatic N) is 1. The number of sulfonamides is 1. The van der Waals surface area contributed by atoms with Gasteiger partial charge in [0.05, 0.1) is 10.9 Å². The van der Waals surface area contributed by atoms with Gasteiger partial charge in [-0.2, -0.15) is 0 Å². The van der Waals surface area contributed by atoms with E-state index in [0.29, 0.717) is 34.8 Å². The number of aliphatic hydroxyl groups is 1. The fraction of sp³-hybridized carbons (Fsp3) is 0.594. The second-order valence-electron chi connectivity index (χ2n) is 12.3. The van der Waals surface area contributed by atoms with E-state index in [-0.39, 0.29) is 18.4 Å². The van der Waals surface area contributed by atoms with E-state index in [1.54, 1.807) is 25.1 Å². The highest BCUT2D eigenvalue weighted by atomic mass is 35.5. The van der Waals surface area contributed by atoms with Gasteiger partial charge in [0.25, 0.3) is 5.91 Å². The van der Waals surface area contributed by atoms with Crippen molar-refractivity contribution in [3.63, 3.8) is 0 Å². The Bertz CT molecular complexity index is 1350. The van der Waals surface area contributed by atoms with Crippen LogP contribution in [0.4, 0.5) is 5.69 Å². The molecule has 5 atom stereocenters. The summed E-state index contributed by atoms with van der Waals surface area (Å²) in [6.45, 7) is 5.74. The number of ether oxygens (including phenoxy) is 1. The van der Waals surface area contributed by atoms with Crippen molar-refractivity contribution in [2.24, 2.45) is 23.7 Å². The molecule has 9 heteroatoms. The van der Waals surface area contributed by atoms with Gasteiger partial charge in [0.15, 0.2) is 0 Å². The number of carbonyl (C=O) groups is 1. The zero-order valence-corrected chi connectivity index (χ0v) is 25.7. The van der Waals surface area contributed by atoms with Crippen LogP contribution in [-0.4, -0.2) is 44.4 Å². The van der Waals surface area contributed by atoms with E-state index < -0.39 is 21.2 Å². The minimum absolute atomic E-state index is 0.112. The summed E-state index contributed by atoms with van der Waals surface area (Å²) in [4.78, 5) is 15.6. The van der Waals surface area contributed by atoms with Gasteiger partial charge in [0.1, 0.15) is 12.4 Å². The van der Waals surface area contributed by atoms with Crippen LogP contribution in [0, 0.1) is 23.7 Å². The van der Waals surface area contributed by atoms with Crippen LogP contribution in [0.3, 0.4) is 0 Å². The quantitative estimate of drug-likeness (QED) is 0.418. The Hall–Kier alpha value is -2.29. The van der Waals surface area contributed by atoms with E-state index in [4.69, 9.17) is 16.3 Å². The van der Waals surface area contributed by atoms with Gasteiger partial charge in [-0.3, -0.25) is 4.79 Å². The lowest BCUT2D eigenvalue weighted by Gasteiger charge is -2.44. The molecule has 2 aromatic rings. The first kappa shape index (κ1) is 30.2. The molecule has 1 fully saturated rings. The molecule has 2 aromatic carbocycles. The van der Waals surface area contributed by atoms with Crippen LogP contribution in [0.15, 0.2) is 36.4 Å². The van der Waals surface area contributed by atoms with E-state index in [1.165, 1.54) is 5.56 Å². The average molecular weight is 603 g/mol. The van der Waals surface area contributed by atoms with Crippen LogP contribution in [0.1, 0.15) is 80.3 Å². The maximum absolute atomic E-state index is 13.3. The first-order valence-electron chi connectivity index (χ1n) is 15.1. The first-order valence-corrected chi connectivity index (χ1v) is 17.0. The molecule has 41 heavy (non-hydrogen) atoms. The molecule has 1 aliphatic carbocycles. The Kier molecular flexibility index (Phi) is 9.51. The van der Waals surface area contributed by atoms with Crippen LogP contribution >= 0.6 is 11.6 Å². The number of anilines is 1. The molecule has 1 amide bonds. The lowest BCUT2D eigenvalue weighted by atomic mass is 9.65. The molecular formula is C32H43ClN2O5S. The van der Waals surface area contributed by atoms with Crippen LogP contribution in [-0.2, 0) is 23.1 Å². The van der Waals surface area contributed by atoms with Gasteiger partial charge in [-0.1, -0.05) is 31.0 Å². The van der Waals surface area contributed by atoms with Crippen molar-refractivity contribution in [2.45, 2.75) is 77.1 Å². The molecular weight excluding hydrogens is 560 g/mol. The zero-order chi connectivity index (χ0) is 29.1. The van der Waals surface area contributed by atoms with Crippen molar-refractivity contribution in [3.05, 3.63) is 58.1 Å². The predicted octanol–water partition coefficient (Wildman–Crippen LogP) is 5.96. The normalized spacial score (nSPS) is 29.0. The number of rotatable bonds is 1. The van der Waals surface area contributed by atoms with E-state index in [2.05, 4.69) is 9.62 Å². The van der Waals surface area contributed by atoms with Crippen LogP contribution in [0.2, 0.25) is 5.02 Å². The number of aryl methyl sites for hydroxylation is 1. The molecule has 0 radical (unpaired) electrons. The molecule has 2 aliphatic heterocycles. The largest absolute Gasteiger partial charge is 0.487 e. The number of amides is 1. The lowest BCUT2D eigenvalue weighted by Crippen LogP contribution is -2.43. The van der Waals surface area contributed by atoms with Gasteiger partial charge in [-0.05, 0) is 117 Å². The van der Waals surface area contributed by atoms with E-state index >= 15 is 0 Å².